The Balaban J connectivity index is 2.20. The smallest absolute Gasteiger partial charge is 0.121 e. The van der Waals surface area contributed by atoms with Crippen LogP contribution in [0.1, 0.15) is 46.1 Å². The Morgan fingerprint density at radius 1 is 1.47 bits per heavy atom. The first-order valence-corrected chi connectivity index (χ1v) is 5.77. The van der Waals surface area contributed by atoms with Gasteiger partial charge >= 0.3 is 0 Å². The van der Waals surface area contributed by atoms with Crippen molar-refractivity contribution in [1.29, 1.82) is 0 Å². The number of nitrogen functional groups attached to an aromatic ring is 1. The van der Waals surface area contributed by atoms with E-state index in [-0.39, 0.29) is 0 Å². The van der Waals surface area contributed by atoms with Crippen LogP contribution in [0.2, 0.25) is 0 Å². The molecule has 3 nitrogen and oxygen atoms in total. The molecule has 1 fully saturated rings. The average molecular weight is 207 g/mol. The van der Waals surface area contributed by atoms with E-state index < -0.39 is 0 Å². The second kappa shape index (κ2) is 3.54. The third-order valence-corrected chi connectivity index (χ3v) is 3.41. The van der Waals surface area contributed by atoms with Gasteiger partial charge in [0.1, 0.15) is 5.82 Å². The molecule has 2 unspecified atom stereocenters. The van der Waals surface area contributed by atoms with Crippen LogP contribution < -0.4 is 5.73 Å². The minimum atomic E-state index is 0.417. The summed E-state index contributed by atoms with van der Waals surface area (Å²) in [5, 5.41) is 4.33. The Hall–Kier alpha value is -0.990. The standard InChI is InChI=1S/C12H21N3/c1-9-6-10(8-12(2,3)7-9)15-11(13)4-5-14-15/h4-5,9-10H,6-8,13H2,1-3H3. The van der Waals surface area contributed by atoms with Gasteiger partial charge < -0.3 is 5.73 Å². The van der Waals surface area contributed by atoms with Gasteiger partial charge in [0.05, 0.1) is 12.2 Å². The van der Waals surface area contributed by atoms with Crippen molar-refractivity contribution < 1.29 is 0 Å². The quantitative estimate of drug-likeness (QED) is 0.769. The second-order valence-corrected chi connectivity index (χ2v) is 5.77. The van der Waals surface area contributed by atoms with Crippen LogP contribution in [0.3, 0.4) is 0 Å². The van der Waals surface area contributed by atoms with Gasteiger partial charge in [-0.3, -0.25) is 0 Å². The van der Waals surface area contributed by atoms with Gasteiger partial charge in [0.15, 0.2) is 0 Å². The summed E-state index contributed by atoms with van der Waals surface area (Å²) in [7, 11) is 0. The van der Waals surface area contributed by atoms with Crippen LogP contribution in [0, 0.1) is 11.3 Å². The first kappa shape index (κ1) is 10.5. The summed E-state index contributed by atoms with van der Waals surface area (Å²) in [4.78, 5) is 0. The lowest BCUT2D eigenvalue weighted by Crippen LogP contribution is -2.30. The van der Waals surface area contributed by atoms with Gasteiger partial charge in [0.25, 0.3) is 0 Å². The van der Waals surface area contributed by atoms with Gasteiger partial charge in [-0.2, -0.15) is 5.10 Å². The lowest BCUT2D eigenvalue weighted by molar-refractivity contribution is 0.131. The van der Waals surface area contributed by atoms with E-state index in [1.807, 2.05) is 10.7 Å². The first-order valence-electron chi connectivity index (χ1n) is 5.77. The topological polar surface area (TPSA) is 43.8 Å². The van der Waals surface area contributed by atoms with E-state index in [0.717, 1.165) is 11.7 Å². The molecule has 0 spiro atoms. The number of hydrogen-bond acceptors (Lipinski definition) is 2. The van der Waals surface area contributed by atoms with Crippen molar-refractivity contribution in [3.63, 3.8) is 0 Å². The molecule has 0 radical (unpaired) electrons. The van der Waals surface area contributed by atoms with Crippen molar-refractivity contribution in [3.05, 3.63) is 12.3 Å². The maximum absolute atomic E-state index is 5.91. The molecule has 84 valence electrons. The first-order chi connectivity index (χ1) is 6.98. The summed E-state index contributed by atoms with van der Waals surface area (Å²) in [5.74, 6) is 1.56. The molecule has 0 aliphatic heterocycles. The molecular formula is C12H21N3. The summed E-state index contributed by atoms with van der Waals surface area (Å²) in [6.45, 7) is 7.01. The maximum atomic E-state index is 5.91. The molecule has 1 aromatic rings. The van der Waals surface area contributed by atoms with Crippen molar-refractivity contribution >= 4 is 5.82 Å². The van der Waals surface area contributed by atoms with Crippen LogP contribution in [0.25, 0.3) is 0 Å². The van der Waals surface area contributed by atoms with Gasteiger partial charge in [-0.15, -0.1) is 0 Å². The van der Waals surface area contributed by atoms with Gasteiger partial charge in [0.2, 0.25) is 0 Å². The summed E-state index contributed by atoms with van der Waals surface area (Å²) < 4.78 is 2.00. The molecule has 2 rings (SSSR count). The van der Waals surface area contributed by atoms with Crippen LogP contribution in [0.4, 0.5) is 5.82 Å². The second-order valence-electron chi connectivity index (χ2n) is 5.77. The van der Waals surface area contributed by atoms with Crippen LogP contribution in [-0.2, 0) is 0 Å². The lowest BCUT2D eigenvalue weighted by Gasteiger charge is -2.39. The Bertz CT molecular complexity index is 340. The highest BCUT2D eigenvalue weighted by atomic mass is 15.3. The van der Waals surface area contributed by atoms with E-state index in [0.29, 0.717) is 11.5 Å². The monoisotopic (exact) mass is 207 g/mol. The molecule has 2 atom stereocenters. The predicted molar refractivity (Wildman–Crippen MR) is 62.5 cm³/mol. The molecule has 0 bridgehead atoms. The number of rotatable bonds is 1. The van der Waals surface area contributed by atoms with E-state index in [4.69, 9.17) is 5.73 Å². The number of anilines is 1. The number of nitrogens with zero attached hydrogens (tertiary/aromatic N) is 2. The highest BCUT2D eigenvalue weighted by molar-refractivity contribution is 5.26. The molecule has 2 N–H and O–H groups in total. The summed E-state index contributed by atoms with van der Waals surface area (Å²) in [6.07, 6.45) is 5.49. The zero-order chi connectivity index (χ0) is 11.1. The van der Waals surface area contributed by atoms with E-state index in [1.165, 1.54) is 19.3 Å². The molecule has 1 aliphatic carbocycles. The van der Waals surface area contributed by atoms with E-state index in [9.17, 15) is 0 Å². The zero-order valence-electron chi connectivity index (χ0n) is 9.90. The molecule has 3 heteroatoms. The average Bonchev–Trinajstić information content (AvgIpc) is 2.47. The Labute approximate surface area is 91.7 Å². The fourth-order valence-electron chi connectivity index (χ4n) is 3.11. The lowest BCUT2D eigenvalue weighted by atomic mass is 9.70. The zero-order valence-corrected chi connectivity index (χ0v) is 9.90. The Morgan fingerprint density at radius 3 is 2.73 bits per heavy atom. The molecule has 1 aliphatic rings. The number of nitrogens with two attached hydrogens (primary N) is 1. The van der Waals surface area contributed by atoms with Crippen LogP contribution in [-0.4, -0.2) is 9.78 Å². The fraction of sp³-hybridized carbons (Fsp3) is 0.750. The summed E-state index contributed by atoms with van der Waals surface area (Å²) in [6, 6.07) is 2.37. The maximum Gasteiger partial charge on any atom is 0.121 e. The van der Waals surface area contributed by atoms with Crippen LogP contribution in [0.5, 0.6) is 0 Å². The van der Waals surface area contributed by atoms with Crippen molar-refractivity contribution in [2.45, 2.75) is 46.1 Å². The molecule has 15 heavy (non-hydrogen) atoms. The third kappa shape index (κ3) is 2.16. The highest BCUT2D eigenvalue weighted by Crippen LogP contribution is 2.44. The van der Waals surface area contributed by atoms with Gasteiger partial charge in [0, 0.05) is 0 Å². The molecule has 1 saturated carbocycles. The minimum absolute atomic E-state index is 0.417. The Morgan fingerprint density at radius 2 is 2.20 bits per heavy atom. The van der Waals surface area contributed by atoms with Gasteiger partial charge in [-0.25, -0.2) is 4.68 Å². The fourth-order valence-corrected chi connectivity index (χ4v) is 3.11. The molecule has 0 amide bonds. The largest absolute Gasteiger partial charge is 0.384 e. The molecule has 0 aromatic carbocycles. The highest BCUT2D eigenvalue weighted by Gasteiger charge is 2.33. The predicted octanol–water partition coefficient (Wildman–Crippen LogP) is 2.85. The van der Waals surface area contributed by atoms with Crippen LogP contribution in [0.15, 0.2) is 12.3 Å². The molecule has 1 heterocycles. The summed E-state index contributed by atoms with van der Waals surface area (Å²) in [5.41, 5.74) is 6.32. The molecule has 1 aromatic heterocycles. The summed E-state index contributed by atoms with van der Waals surface area (Å²) >= 11 is 0. The van der Waals surface area contributed by atoms with E-state index >= 15 is 0 Å². The molecule has 0 saturated heterocycles. The third-order valence-electron chi connectivity index (χ3n) is 3.41. The molecular weight excluding hydrogens is 186 g/mol. The minimum Gasteiger partial charge on any atom is -0.384 e. The van der Waals surface area contributed by atoms with Crippen LogP contribution >= 0.6 is 0 Å². The van der Waals surface area contributed by atoms with Gasteiger partial charge in [-0.1, -0.05) is 20.8 Å². The number of aromatic nitrogens is 2. The SMILES string of the molecule is CC1CC(n2nccc2N)CC(C)(C)C1. The van der Waals surface area contributed by atoms with Gasteiger partial charge in [-0.05, 0) is 36.7 Å². The van der Waals surface area contributed by atoms with E-state index in [1.54, 1.807) is 6.20 Å². The van der Waals surface area contributed by atoms with Crippen molar-refractivity contribution in [2.75, 3.05) is 5.73 Å². The van der Waals surface area contributed by atoms with Crippen molar-refractivity contribution in [1.82, 2.24) is 9.78 Å². The Kier molecular flexibility index (Phi) is 2.49. The normalized spacial score (nSPS) is 30.3. The van der Waals surface area contributed by atoms with E-state index in [2.05, 4.69) is 25.9 Å². The van der Waals surface area contributed by atoms with Crippen molar-refractivity contribution in [2.24, 2.45) is 11.3 Å². The number of hydrogen-bond donors (Lipinski definition) is 1. The van der Waals surface area contributed by atoms with Crippen molar-refractivity contribution in [3.8, 4) is 0 Å².